The van der Waals surface area contributed by atoms with E-state index in [4.69, 9.17) is 9.47 Å². The lowest BCUT2D eigenvalue weighted by Crippen LogP contribution is -2.22. The molecule has 0 radical (unpaired) electrons. The molecule has 0 aliphatic heterocycles. The second-order valence-corrected chi connectivity index (χ2v) is 6.82. The third-order valence-electron chi connectivity index (χ3n) is 3.57. The SMILES string of the molecule is COc1ccc(S[C@H](C)C(=O)Nc2cccc(C(C)=O)c2)cc1OC. The molecule has 0 bridgehead atoms. The molecule has 0 aliphatic rings. The Morgan fingerprint density at radius 1 is 1.04 bits per heavy atom. The Labute approximate surface area is 151 Å². The summed E-state index contributed by atoms with van der Waals surface area (Å²) in [5.74, 6) is 1.09. The van der Waals surface area contributed by atoms with Crippen LogP contribution in [0.2, 0.25) is 0 Å². The summed E-state index contributed by atoms with van der Waals surface area (Å²) in [6, 6.07) is 12.4. The van der Waals surface area contributed by atoms with Crippen LogP contribution in [0.25, 0.3) is 0 Å². The largest absolute Gasteiger partial charge is 0.493 e. The molecule has 0 saturated heterocycles. The van der Waals surface area contributed by atoms with Crippen molar-refractivity contribution in [3.05, 3.63) is 48.0 Å². The Bertz CT molecular complexity index is 776. The van der Waals surface area contributed by atoms with E-state index in [0.29, 0.717) is 22.7 Å². The van der Waals surface area contributed by atoms with Gasteiger partial charge in [-0.2, -0.15) is 0 Å². The van der Waals surface area contributed by atoms with Crippen LogP contribution in [-0.4, -0.2) is 31.2 Å². The number of ketones is 1. The molecule has 5 nitrogen and oxygen atoms in total. The quantitative estimate of drug-likeness (QED) is 0.597. The lowest BCUT2D eigenvalue weighted by Gasteiger charge is -2.14. The number of nitrogens with one attached hydrogen (secondary N) is 1. The number of thioether (sulfide) groups is 1. The van der Waals surface area contributed by atoms with Crippen molar-refractivity contribution in [2.24, 2.45) is 0 Å². The van der Waals surface area contributed by atoms with Gasteiger partial charge >= 0.3 is 0 Å². The van der Waals surface area contributed by atoms with Crippen LogP contribution < -0.4 is 14.8 Å². The van der Waals surface area contributed by atoms with Gasteiger partial charge < -0.3 is 14.8 Å². The number of hydrogen-bond acceptors (Lipinski definition) is 5. The molecule has 2 aromatic rings. The predicted octanol–water partition coefficient (Wildman–Crippen LogP) is 4.03. The molecule has 25 heavy (non-hydrogen) atoms. The Hall–Kier alpha value is -2.47. The number of benzene rings is 2. The molecular formula is C19H21NO4S. The summed E-state index contributed by atoms with van der Waals surface area (Å²) in [5, 5.41) is 2.52. The number of carbonyl (C=O) groups is 2. The van der Waals surface area contributed by atoms with E-state index in [1.54, 1.807) is 38.5 Å². The third kappa shape index (κ3) is 5.00. The molecule has 0 aliphatic carbocycles. The molecule has 132 valence electrons. The zero-order chi connectivity index (χ0) is 18.4. The zero-order valence-corrected chi connectivity index (χ0v) is 15.5. The maximum Gasteiger partial charge on any atom is 0.237 e. The van der Waals surface area contributed by atoms with Gasteiger partial charge in [-0.25, -0.2) is 0 Å². The molecule has 0 spiro atoms. The predicted molar refractivity (Wildman–Crippen MR) is 99.9 cm³/mol. The fraction of sp³-hybridized carbons (Fsp3) is 0.263. The molecule has 0 saturated carbocycles. The minimum Gasteiger partial charge on any atom is -0.493 e. The fourth-order valence-corrected chi connectivity index (χ4v) is 3.10. The number of ether oxygens (including phenoxy) is 2. The number of carbonyl (C=O) groups excluding carboxylic acids is 2. The average molecular weight is 359 g/mol. The van der Waals surface area contributed by atoms with Crippen LogP contribution in [0.15, 0.2) is 47.4 Å². The summed E-state index contributed by atoms with van der Waals surface area (Å²) in [6.07, 6.45) is 0. The number of amides is 1. The van der Waals surface area contributed by atoms with Crippen molar-refractivity contribution in [1.29, 1.82) is 0 Å². The van der Waals surface area contributed by atoms with Gasteiger partial charge in [-0.3, -0.25) is 9.59 Å². The van der Waals surface area contributed by atoms with Gasteiger partial charge in [0.15, 0.2) is 17.3 Å². The van der Waals surface area contributed by atoms with Crippen LogP contribution in [0, 0.1) is 0 Å². The minimum atomic E-state index is -0.320. The van der Waals surface area contributed by atoms with Crippen LogP contribution in [0.4, 0.5) is 5.69 Å². The molecule has 6 heteroatoms. The summed E-state index contributed by atoms with van der Waals surface area (Å²) >= 11 is 1.42. The van der Waals surface area contributed by atoms with E-state index < -0.39 is 0 Å². The highest BCUT2D eigenvalue weighted by atomic mass is 32.2. The van der Waals surface area contributed by atoms with E-state index in [0.717, 1.165) is 4.90 Å². The fourth-order valence-electron chi connectivity index (χ4n) is 2.21. The number of methoxy groups -OCH3 is 2. The first-order valence-corrected chi connectivity index (χ1v) is 8.63. The smallest absolute Gasteiger partial charge is 0.237 e. The maximum absolute atomic E-state index is 12.4. The maximum atomic E-state index is 12.4. The molecule has 1 N–H and O–H groups in total. The van der Waals surface area contributed by atoms with E-state index in [2.05, 4.69) is 5.32 Å². The van der Waals surface area contributed by atoms with E-state index in [-0.39, 0.29) is 16.9 Å². The summed E-state index contributed by atoms with van der Waals surface area (Å²) in [5.41, 5.74) is 1.18. The minimum absolute atomic E-state index is 0.0381. The number of Topliss-reactive ketones (excluding diaryl/α,β-unsaturated/α-hetero) is 1. The van der Waals surface area contributed by atoms with Gasteiger partial charge in [0.1, 0.15) is 0 Å². The molecule has 0 heterocycles. The van der Waals surface area contributed by atoms with E-state index in [1.165, 1.54) is 18.7 Å². The molecule has 0 aromatic heterocycles. The van der Waals surface area contributed by atoms with Crippen molar-refractivity contribution in [2.45, 2.75) is 24.0 Å². The van der Waals surface area contributed by atoms with Crippen molar-refractivity contribution in [2.75, 3.05) is 19.5 Å². The highest BCUT2D eigenvalue weighted by Gasteiger charge is 2.16. The monoisotopic (exact) mass is 359 g/mol. The first-order chi connectivity index (χ1) is 11.9. The summed E-state index contributed by atoms with van der Waals surface area (Å²) in [6.45, 7) is 3.32. The van der Waals surface area contributed by atoms with Crippen LogP contribution in [0.1, 0.15) is 24.2 Å². The Balaban J connectivity index is 2.05. The highest BCUT2D eigenvalue weighted by molar-refractivity contribution is 8.00. The lowest BCUT2D eigenvalue weighted by molar-refractivity contribution is -0.115. The van der Waals surface area contributed by atoms with Crippen molar-refractivity contribution < 1.29 is 19.1 Å². The third-order valence-corrected chi connectivity index (χ3v) is 4.67. The molecular weight excluding hydrogens is 338 g/mol. The van der Waals surface area contributed by atoms with Crippen LogP contribution in [-0.2, 0) is 4.79 Å². The van der Waals surface area contributed by atoms with Gasteiger partial charge in [0.25, 0.3) is 0 Å². The van der Waals surface area contributed by atoms with Crippen LogP contribution in [0.5, 0.6) is 11.5 Å². The summed E-state index contributed by atoms with van der Waals surface area (Å²) in [4.78, 5) is 24.7. The van der Waals surface area contributed by atoms with Crippen molar-refractivity contribution in [3.8, 4) is 11.5 Å². The Morgan fingerprint density at radius 3 is 2.40 bits per heavy atom. The topological polar surface area (TPSA) is 64.6 Å². The molecule has 2 rings (SSSR count). The number of hydrogen-bond donors (Lipinski definition) is 1. The number of anilines is 1. The standard InChI is InChI=1S/C19H21NO4S/c1-12(21)14-6-5-7-15(10-14)20-19(22)13(2)25-16-8-9-17(23-3)18(11-16)24-4/h5-11,13H,1-4H3,(H,20,22)/t13-/m1/s1. The molecule has 1 atom stereocenters. The molecule has 0 unspecified atom stereocenters. The normalized spacial score (nSPS) is 11.5. The van der Waals surface area contributed by atoms with E-state index >= 15 is 0 Å². The molecule has 2 aromatic carbocycles. The molecule has 1 amide bonds. The summed E-state index contributed by atoms with van der Waals surface area (Å²) < 4.78 is 10.5. The average Bonchev–Trinajstić information content (AvgIpc) is 2.61. The van der Waals surface area contributed by atoms with Crippen molar-refractivity contribution in [3.63, 3.8) is 0 Å². The summed E-state index contributed by atoms with van der Waals surface area (Å²) in [7, 11) is 3.15. The van der Waals surface area contributed by atoms with Gasteiger partial charge in [0, 0.05) is 16.1 Å². The van der Waals surface area contributed by atoms with Gasteiger partial charge in [0.05, 0.1) is 19.5 Å². The number of rotatable bonds is 7. The second kappa shape index (κ2) is 8.58. The first kappa shape index (κ1) is 18.9. The van der Waals surface area contributed by atoms with Gasteiger partial charge in [-0.15, -0.1) is 11.8 Å². The highest BCUT2D eigenvalue weighted by Crippen LogP contribution is 2.33. The van der Waals surface area contributed by atoms with E-state index in [9.17, 15) is 9.59 Å². The van der Waals surface area contributed by atoms with Crippen LogP contribution in [0.3, 0.4) is 0 Å². The van der Waals surface area contributed by atoms with Crippen molar-refractivity contribution >= 4 is 29.1 Å². The zero-order valence-electron chi connectivity index (χ0n) is 14.7. The lowest BCUT2D eigenvalue weighted by atomic mass is 10.1. The first-order valence-electron chi connectivity index (χ1n) is 7.75. The molecule has 0 fully saturated rings. The van der Waals surface area contributed by atoms with Gasteiger partial charge in [-0.05, 0) is 44.2 Å². The second-order valence-electron chi connectivity index (χ2n) is 5.40. The van der Waals surface area contributed by atoms with Gasteiger partial charge in [-0.1, -0.05) is 12.1 Å². The van der Waals surface area contributed by atoms with E-state index in [1.807, 2.05) is 25.1 Å². The Morgan fingerprint density at radius 2 is 1.76 bits per heavy atom. The Kier molecular flexibility index (Phi) is 6.47. The van der Waals surface area contributed by atoms with Gasteiger partial charge in [0.2, 0.25) is 5.91 Å². The van der Waals surface area contributed by atoms with Crippen molar-refractivity contribution in [1.82, 2.24) is 0 Å². The van der Waals surface area contributed by atoms with Crippen LogP contribution >= 0.6 is 11.8 Å².